The first-order valence-electron chi connectivity index (χ1n) is 4.76. The van der Waals surface area contributed by atoms with Crippen LogP contribution in [0, 0.1) is 0 Å². The molecule has 4 nitrogen and oxygen atoms in total. The van der Waals surface area contributed by atoms with Gasteiger partial charge < -0.3 is 5.11 Å². The van der Waals surface area contributed by atoms with Gasteiger partial charge in [0.15, 0.2) is 0 Å². The molecule has 0 saturated carbocycles. The number of amides is 1. The smallest absolute Gasteiger partial charge is 0.275 e. The molecule has 0 atom stereocenters. The van der Waals surface area contributed by atoms with E-state index in [4.69, 9.17) is 9.94 Å². The van der Waals surface area contributed by atoms with Crippen molar-refractivity contribution < 1.29 is 14.7 Å². The van der Waals surface area contributed by atoms with Crippen molar-refractivity contribution in [3.05, 3.63) is 21.9 Å². The van der Waals surface area contributed by atoms with Gasteiger partial charge in [0.25, 0.3) is 5.91 Å². The zero-order chi connectivity index (χ0) is 11.3. The van der Waals surface area contributed by atoms with Crippen LogP contribution < -0.4 is 5.48 Å². The Balaban J connectivity index is 2.61. The Hall–Kier alpha value is -0.910. The molecule has 1 aromatic rings. The van der Waals surface area contributed by atoms with Crippen LogP contribution in [0.25, 0.3) is 0 Å². The van der Waals surface area contributed by atoms with Gasteiger partial charge in [-0.2, -0.15) is 11.3 Å². The molecule has 0 radical (unpaired) electrons. The van der Waals surface area contributed by atoms with Gasteiger partial charge in [0, 0.05) is 5.38 Å². The summed E-state index contributed by atoms with van der Waals surface area (Å²) in [5.74, 6) is 0.0586. The number of carbonyl (C=O) groups excluding carboxylic acids is 1. The monoisotopic (exact) mass is 229 g/mol. The molecule has 15 heavy (non-hydrogen) atoms. The zero-order valence-corrected chi connectivity index (χ0v) is 9.63. The topological polar surface area (TPSA) is 58.6 Å². The first kappa shape index (κ1) is 12.2. The normalized spacial score (nSPS) is 10.7. The van der Waals surface area contributed by atoms with Gasteiger partial charge in [-0.15, -0.1) is 0 Å². The van der Waals surface area contributed by atoms with E-state index in [1.807, 2.05) is 19.2 Å². The van der Waals surface area contributed by atoms with E-state index in [1.54, 1.807) is 5.38 Å². The SMILES string of the molecule is CC(C)c1cscc1C(=O)NOCCO. The van der Waals surface area contributed by atoms with Crippen LogP contribution in [0.5, 0.6) is 0 Å². The summed E-state index contributed by atoms with van der Waals surface area (Å²) in [5, 5.41) is 12.2. The highest BCUT2D eigenvalue weighted by molar-refractivity contribution is 7.08. The molecule has 0 aliphatic heterocycles. The zero-order valence-electron chi connectivity index (χ0n) is 8.82. The number of carbonyl (C=O) groups is 1. The average molecular weight is 229 g/mol. The number of hydroxylamine groups is 1. The van der Waals surface area contributed by atoms with E-state index in [-0.39, 0.29) is 19.1 Å². The minimum Gasteiger partial charge on any atom is -0.394 e. The molecule has 0 saturated heterocycles. The van der Waals surface area contributed by atoms with E-state index >= 15 is 0 Å². The summed E-state index contributed by atoms with van der Waals surface area (Å²) in [5.41, 5.74) is 3.95. The van der Waals surface area contributed by atoms with Gasteiger partial charge in [-0.3, -0.25) is 9.63 Å². The van der Waals surface area contributed by atoms with Crippen molar-refractivity contribution in [3.8, 4) is 0 Å². The van der Waals surface area contributed by atoms with E-state index in [0.29, 0.717) is 11.5 Å². The first-order valence-corrected chi connectivity index (χ1v) is 5.70. The summed E-state index contributed by atoms with van der Waals surface area (Å²) >= 11 is 1.50. The lowest BCUT2D eigenvalue weighted by molar-refractivity contribution is 0.0168. The van der Waals surface area contributed by atoms with Crippen molar-refractivity contribution in [2.75, 3.05) is 13.2 Å². The van der Waals surface area contributed by atoms with E-state index < -0.39 is 0 Å². The van der Waals surface area contributed by atoms with Crippen LogP contribution in [0.4, 0.5) is 0 Å². The van der Waals surface area contributed by atoms with Gasteiger partial charge in [-0.05, 0) is 16.9 Å². The van der Waals surface area contributed by atoms with Crippen molar-refractivity contribution in [1.82, 2.24) is 5.48 Å². The maximum absolute atomic E-state index is 11.6. The van der Waals surface area contributed by atoms with Crippen LogP contribution in [0.15, 0.2) is 10.8 Å². The van der Waals surface area contributed by atoms with Crippen LogP contribution in [0.2, 0.25) is 0 Å². The number of hydrogen-bond donors (Lipinski definition) is 2. The van der Waals surface area contributed by atoms with E-state index in [9.17, 15) is 4.79 Å². The summed E-state index contributed by atoms with van der Waals surface area (Å²) in [6.45, 7) is 4.06. The van der Waals surface area contributed by atoms with Crippen LogP contribution in [0.3, 0.4) is 0 Å². The second-order valence-electron chi connectivity index (χ2n) is 3.40. The number of aliphatic hydroxyl groups excluding tert-OH is 1. The molecular formula is C10H15NO3S. The molecule has 1 heterocycles. The number of rotatable bonds is 5. The number of aliphatic hydroxyl groups is 1. The molecule has 0 aliphatic carbocycles. The molecule has 0 aliphatic rings. The summed E-state index contributed by atoms with van der Waals surface area (Å²) < 4.78 is 0. The maximum atomic E-state index is 11.6. The first-order chi connectivity index (χ1) is 7.16. The number of hydrogen-bond acceptors (Lipinski definition) is 4. The molecule has 0 aromatic carbocycles. The third-order valence-corrected chi connectivity index (χ3v) is 2.68. The Bertz CT molecular complexity index is 322. The largest absolute Gasteiger partial charge is 0.394 e. The molecule has 84 valence electrons. The number of thiophene rings is 1. The Kier molecular flexibility index (Phi) is 4.74. The Morgan fingerprint density at radius 1 is 1.60 bits per heavy atom. The van der Waals surface area contributed by atoms with Gasteiger partial charge in [-0.1, -0.05) is 13.8 Å². The van der Waals surface area contributed by atoms with Crippen LogP contribution in [-0.4, -0.2) is 24.2 Å². The highest BCUT2D eigenvalue weighted by Crippen LogP contribution is 2.23. The molecule has 1 rings (SSSR count). The minimum atomic E-state index is -0.256. The van der Waals surface area contributed by atoms with Gasteiger partial charge in [0.05, 0.1) is 18.8 Å². The van der Waals surface area contributed by atoms with Crippen molar-refractivity contribution in [2.24, 2.45) is 0 Å². The molecule has 0 fully saturated rings. The highest BCUT2D eigenvalue weighted by atomic mass is 32.1. The summed E-state index contributed by atoms with van der Waals surface area (Å²) in [4.78, 5) is 16.4. The van der Waals surface area contributed by atoms with Crippen LogP contribution in [-0.2, 0) is 4.84 Å². The lowest BCUT2D eigenvalue weighted by Gasteiger charge is -2.07. The number of nitrogens with one attached hydrogen (secondary N) is 1. The van der Waals surface area contributed by atoms with Crippen LogP contribution >= 0.6 is 11.3 Å². The summed E-state index contributed by atoms with van der Waals surface area (Å²) in [7, 11) is 0. The second kappa shape index (κ2) is 5.85. The van der Waals surface area contributed by atoms with Crippen molar-refractivity contribution in [1.29, 1.82) is 0 Å². The van der Waals surface area contributed by atoms with E-state index in [1.165, 1.54) is 11.3 Å². The molecule has 1 aromatic heterocycles. The maximum Gasteiger partial charge on any atom is 0.275 e. The Morgan fingerprint density at radius 3 is 2.93 bits per heavy atom. The fraction of sp³-hybridized carbons (Fsp3) is 0.500. The minimum absolute atomic E-state index is 0.104. The highest BCUT2D eigenvalue weighted by Gasteiger charge is 2.14. The standard InChI is InChI=1S/C10H15NO3S/c1-7(2)8-5-15-6-9(8)10(13)11-14-4-3-12/h5-7,12H,3-4H2,1-2H3,(H,11,13). The van der Waals surface area contributed by atoms with Gasteiger partial charge in [-0.25, -0.2) is 5.48 Å². The fourth-order valence-electron chi connectivity index (χ4n) is 1.16. The van der Waals surface area contributed by atoms with Gasteiger partial charge in [0.2, 0.25) is 0 Å². The van der Waals surface area contributed by atoms with Crippen molar-refractivity contribution >= 4 is 17.2 Å². The quantitative estimate of drug-likeness (QED) is 0.594. The lowest BCUT2D eigenvalue weighted by Crippen LogP contribution is -2.25. The van der Waals surface area contributed by atoms with Gasteiger partial charge in [0.1, 0.15) is 0 Å². The second-order valence-corrected chi connectivity index (χ2v) is 4.14. The van der Waals surface area contributed by atoms with Crippen molar-refractivity contribution in [3.63, 3.8) is 0 Å². The summed E-state index contributed by atoms with van der Waals surface area (Å²) in [6, 6.07) is 0. The predicted octanol–water partition coefficient (Wildman–Crippen LogP) is 1.53. The molecule has 5 heteroatoms. The molecule has 1 amide bonds. The van der Waals surface area contributed by atoms with Crippen LogP contribution in [0.1, 0.15) is 35.7 Å². The molecule has 2 N–H and O–H groups in total. The molecule has 0 bridgehead atoms. The Labute approximate surface area is 92.8 Å². The molecule has 0 unspecified atom stereocenters. The fourth-order valence-corrected chi connectivity index (χ4v) is 2.15. The third-order valence-electron chi connectivity index (χ3n) is 1.92. The summed E-state index contributed by atoms with van der Waals surface area (Å²) in [6.07, 6.45) is 0. The van der Waals surface area contributed by atoms with E-state index in [0.717, 1.165) is 5.56 Å². The predicted molar refractivity (Wildman–Crippen MR) is 58.9 cm³/mol. The lowest BCUT2D eigenvalue weighted by atomic mass is 10.0. The Morgan fingerprint density at radius 2 is 2.33 bits per heavy atom. The molecular weight excluding hydrogens is 214 g/mol. The third kappa shape index (κ3) is 3.30. The van der Waals surface area contributed by atoms with Gasteiger partial charge >= 0.3 is 0 Å². The van der Waals surface area contributed by atoms with E-state index in [2.05, 4.69) is 5.48 Å². The molecule has 0 spiro atoms. The van der Waals surface area contributed by atoms with Crippen molar-refractivity contribution in [2.45, 2.75) is 19.8 Å². The average Bonchev–Trinajstić information content (AvgIpc) is 2.66.